The fourth-order valence-corrected chi connectivity index (χ4v) is 1.65. The summed E-state index contributed by atoms with van der Waals surface area (Å²) in [5, 5.41) is 3.25. The van der Waals surface area contributed by atoms with E-state index in [0.29, 0.717) is 5.92 Å². The van der Waals surface area contributed by atoms with Gasteiger partial charge in [-0.25, -0.2) is 0 Å². The molecule has 0 spiro atoms. The predicted molar refractivity (Wildman–Crippen MR) is 56.1 cm³/mol. The van der Waals surface area contributed by atoms with Gasteiger partial charge in [-0.1, -0.05) is 6.92 Å². The highest BCUT2D eigenvalue weighted by Gasteiger charge is 2.28. The Kier molecular flexibility index (Phi) is 5.33. The van der Waals surface area contributed by atoms with Gasteiger partial charge in [0.1, 0.15) is 0 Å². The molecule has 0 saturated carbocycles. The van der Waals surface area contributed by atoms with Crippen LogP contribution in [0.15, 0.2) is 0 Å². The number of halogens is 1. The van der Waals surface area contributed by atoms with Crippen LogP contribution in [0.2, 0.25) is 0 Å². The summed E-state index contributed by atoms with van der Waals surface area (Å²) in [4.78, 5) is 13.3. The molecule has 78 valence electrons. The lowest BCUT2D eigenvalue weighted by Gasteiger charge is -2.30. The summed E-state index contributed by atoms with van der Waals surface area (Å²) < 4.78 is 0. The zero-order valence-corrected chi connectivity index (χ0v) is 9.36. The number of hydrogen-bond acceptors (Lipinski definition) is 2. The third kappa shape index (κ3) is 3.16. The first-order valence-electron chi connectivity index (χ1n) is 4.55. The Hall–Kier alpha value is -0.280. The van der Waals surface area contributed by atoms with Gasteiger partial charge in [0.05, 0.1) is 5.92 Å². The van der Waals surface area contributed by atoms with Crippen molar-refractivity contribution in [2.24, 2.45) is 11.8 Å². The zero-order valence-electron chi connectivity index (χ0n) is 8.54. The molecule has 1 N–H and O–H groups in total. The molecule has 1 amide bonds. The van der Waals surface area contributed by atoms with Crippen molar-refractivity contribution in [3.8, 4) is 0 Å². The number of carbonyl (C=O) groups excluding carboxylic acids is 1. The second kappa shape index (κ2) is 5.45. The molecule has 0 bridgehead atoms. The lowest BCUT2D eigenvalue weighted by molar-refractivity contribution is -0.135. The quantitative estimate of drug-likeness (QED) is 0.687. The Morgan fingerprint density at radius 3 is 2.54 bits per heavy atom. The zero-order chi connectivity index (χ0) is 9.14. The Morgan fingerprint density at radius 2 is 2.08 bits per heavy atom. The van der Waals surface area contributed by atoms with E-state index in [1.54, 1.807) is 4.90 Å². The number of hydrogen-bond donors (Lipinski definition) is 1. The van der Waals surface area contributed by atoms with Crippen LogP contribution < -0.4 is 5.32 Å². The molecule has 0 aromatic rings. The fraction of sp³-hybridized carbons (Fsp3) is 0.889. The minimum absolute atomic E-state index is 0. The average molecular weight is 207 g/mol. The van der Waals surface area contributed by atoms with Crippen molar-refractivity contribution in [2.75, 3.05) is 27.2 Å². The van der Waals surface area contributed by atoms with Gasteiger partial charge in [0.25, 0.3) is 0 Å². The molecule has 1 aliphatic rings. The number of nitrogens with zero attached hydrogens (tertiary/aromatic N) is 1. The monoisotopic (exact) mass is 206 g/mol. The maximum Gasteiger partial charge on any atom is 0.226 e. The summed E-state index contributed by atoms with van der Waals surface area (Å²) in [6, 6.07) is 0. The van der Waals surface area contributed by atoms with E-state index in [-0.39, 0.29) is 24.2 Å². The highest BCUT2D eigenvalue weighted by Crippen LogP contribution is 2.19. The van der Waals surface area contributed by atoms with Gasteiger partial charge in [0.2, 0.25) is 5.91 Å². The smallest absolute Gasteiger partial charge is 0.226 e. The lowest BCUT2D eigenvalue weighted by Crippen LogP contribution is -2.44. The molecule has 1 aliphatic heterocycles. The van der Waals surface area contributed by atoms with Crippen LogP contribution in [-0.4, -0.2) is 38.0 Å². The predicted octanol–water partition coefficient (Wildman–Crippen LogP) is 0.742. The molecule has 1 rings (SSSR count). The van der Waals surface area contributed by atoms with Crippen molar-refractivity contribution < 1.29 is 4.79 Å². The summed E-state index contributed by atoms with van der Waals surface area (Å²) in [6.45, 7) is 4.06. The first-order chi connectivity index (χ1) is 5.63. The topological polar surface area (TPSA) is 32.3 Å². The van der Waals surface area contributed by atoms with Crippen molar-refractivity contribution in [2.45, 2.75) is 13.3 Å². The van der Waals surface area contributed by atoms with Crippen molar-refractivity contribution in [3.63, 3.8) is 0 Å². The standard InChI is InChI=1S/C9H18N2O.ClH/c1-7-4-5-10-6-8(7)9(12)11(2)3;/h7-8,10H,4-6H2,1-3H3;1H/t7-,8+;/m1./s1. The van der Waals surface area contributed by atoms with Crippen LogP contribution in [-0.2, 0) is 4.79 Å². The van der Waals surface area contributed by atoms with Gasteiger partial charge in [0.15, 0.2) is 0 Å². The van der Waals surface area contributed by atoms with Crippen LogP contribution in [0.3, 0.4) is 0 Å². The number of amides is 1. The van der Waals surface area contributed by atoms with Gasteiger partial charge in [-0.2, -0.15) is 0 Å². The number of carbonyl (C=O) groups is 1. The second-order valence-electron chi connectivity index (χ2n) is 3.81. The summed E-state index contributed by atoms with van der Waals surface area (Å²) in [5.74, 6) is 0.976. The van der Waals surface area contributed by atoms with Gasteiger partial charge < -0.3 is 10.2 Å². The van der Waals surface area contributed by atoms with Crippen LogP contribution in [0.4, 0.5) is 0 Å². The Bertz CT molecular complexity index is 173. The van der Waals surface area contributed by atoms with Gasteiger partial charge in [-0.15, -0.1) is 12.4 Å². The van der Waals surface area contributed by atoms with Gasteiger partial charge in [-0.3, -0.25) is 4.79 Å². The third-order valence-corrected chi connectivity index (χ3v) is 2.59. The molecule has 1 saturated heterocycles. The van der Waals surface area contributed by atoms with E-state index < -0.39 is 0 Å². The Morgan fingerprint density at radius 1 is 1.46 bits per heavy atom. The summed E-state index contributed by atoms with van der Waals surface area (Å²) in [7, 11) is 3.65. The van der Waals surface area contributed by atoms with E-state index in [1.165, 1.54) is 0 Å². The molecule has 0 aromatic heterocycles. The summed E-state index contributed by atoms with van der Waals surface area (Å²) in [5.41, 5.74) is 0. The van der Waals surface area contributed by atoms with E-state index in [0.717, 1.165) is 19.5 Å². The van der Waals surface area contributed by atoms with Crippen molar-refractivity contribution in [1.29, 1.82) is 0 Å². The molecule has 1 fully saturated rings. The minimum atomic E-state index is 0. The van der Waals surface area contributed by atoms with Crippen LogP contribution in [0.5, 0.6) is 0 Å². The molecule has 4 heteroatoms. The molecular weight excluding hydrogens is 188 g/mol. The molecule has 3 nitrogen and oxygen atoms in total. The minimum Gasteiger partial charge on any atom is -0.349 e. The molecule has 0 aromatic carbocycles. The molecule has 0 radical (unpaired) electrons. The molecule has 0 aliphatic carbocycles. The molecule has 1 heterocycles. The van der Waals surface area contributed by atoms with Gasteiger partial charge in [0, 0.05) is 20.6 Å². The Balaban J connectivity index is 0.00000144. The summed E-state index contributed by atoms with van der Waals surface area (Å²) >= 11 is 0. The molecular formula is C9H19ClN2O. The van der Waals surface area contributed by atoms with Crippen molar-refractivity contribution in [1.82, 2.24) is 10.2 Å². The van der Waals surface area contributed by atoms with Crippen LogP contribution in [0.1, 0.15) is 13.3 Å². The maximum atomic E-state index is 11.6. The van der Waals surface area contributed by atoms with Crippen LogP contribution >= 0.6 is 12.4 Å². The van der Waals surface area contributed by atoms with E-state index in [2.05, 4.69) is 12.2 Å². The lowest BCUT2D eigenvalue weighted by atomic mass is 9.87. The van der Waals surface area contributed by atoms with Crippen molar-refractivity contribution >= 4 is 18.3 Å². The fourth-order valence-electron chi connectivity index (χ4n) is 1.65. The third-order valence-electron chi connectivity index (χ3n) is 2.59. The Labute approximate surface area is 86.3 Å². The normalized spacial score (nSPS) is 27.6. The van der Waals surface area contributed by atoms with Gasteiger partial charge in [-0.05, 0) is 18.9 Å². The second-order valence-corrected chi connectivity index (χ2v) is 3.81. The molecule has 13 heavy (non-hydrogen) atoms. The number of piperidine rings is 1. The van der Waals surface area contributed by atoms with Gasteiger partial charge >= 0.3 is 0 Å². The molecule has 2 atom stereocenters. The maximum absolute atomic E-state index is 11.6. The highest BCUT2D eigenvalue weighted by molar-refractivity contribution is 5.85. The first kappa shape index (κ1) is 12.7. The van der Waals surface area contributed by atoms with Crippen LogP contribution in [0.25, 0.3) is 0 Å². The van der Waals surface area contributed by atoms with E-state index in [9.17, 15) is 4.79 Å². The van der Waals surface area contributed by atoms with Crippen LogP contribution in [0, 0.1) is 11.8 Å². The average Bonchev–Trinajstić information content (AvgIpc) is 2.04. The van der Waals surface area contributed by atoms with E-state index in [1.807, 2.05) is 14.1 Å². The first-order valence-corrected chi connectivity index (χ1v) is 4.55. The number of nitrogens with one attached hydrogen (secondary N) is 1. The van der Waals surface area contributed by atoms with E-state index in [4.69, 9.17) is 0 Å². The largest absolute Gasteiger partial charge is 0.349 e. The number of rotatable bonds is 1. The SMILES string of the molecule is C[C@@H]1CCNC[C@@H]1C(=O)N(C)C.Cl. The highest BCUT2D eigenvalue weighted by atomic mass is 35.5. The summed E-state index contributed by atoms with van der Waals surface area (Å²) in [6.07, 6.45) is 1.12. The van der Waals surface area contributed by atoms with E-state index >= 15 is 0 Å². The van der Waals surface area contributed by atoms with Crippen molar-refractivity contribution in [3.05, 3.63) is 0 Å². The molecule has 0 unspecified atom stereocenters.